The summed E-state index contributed by atoms with van der Waals surface area (Å²) in [5, 5.41) is 0. The van der Waals surface area contributed by atoms with Crippen LogP contribution in [0.1, 0.15) is 41.0 Å². The molecule has 0 aliphatic carbocycles. The first kappa shape index (κ1) is 17.2. The molecule has 0 radical (unpaired) electrons. The van der Waals surface area contributed by atoms with Gasteiger partial charge in [-0.05, 0) is 41.0 Å². The van der Waals surface area contributed by atoms with Crippen LogP contribution >= 0.6 is 0 Å². The monoisotopic (exact) mass is 286 g/mol. The maximum atomic E-state index is 11.9. The molecule has 1 heterocycles. The lowest BCUT2D eigenvalue weighted by molar-refractivity contribution is -0.00331. The van der Waals surface area contributed by atoms with E-state index in [9.17, 15) is 4.79 Å². The topological polar surface area (TPSA) is 42.0 Å². The van der Waals surface area contributed by atoms with Crippen molar-refractivity contribution in [1.29, 1.82) is 0 Å². The van der Waals surface area contributed by atoms with Crippen LogP contribution in [0.2, 0.25) is 0 Å². The lowest BCUT2D eigenvalue weighted by Crippen LogP contribution is -2.50. The smallest absolute Gasteiger partial charge is 0.410 e. The van der Waals surface area contributed by atoms with Crippen molar-refractivity contribution >= 4 is 6.09 Å². The Balaban J connectivity index is 2.31. The van der Waals surface area contributed by atoms with Crippen molar-refractivity contribution in [2.75, 3.05) is 39.8 Å². The predicted octanol–water partition coefficient (Wildman–Crippen LogP) is 2.35. The molecule has 0 aromatic heterocycles. The zero-order valence-corrected chi connectivity index (χ0v) is 13.9. The number of methoxy groups -OCH3 is 1. The summed E-state index contributed by atoms with van der Waals surface area (Å²) >= 11 is 0. The summed E-state index contributed by atoms with van der Waals surface area (Å²) in [4.78, 5) is 16.1. The number of piperazine rings is 1. The number of hydrogen-bond donors (Lipinski definition) is 0. The summed E-state index contributed by atoms with van der Waals surface area (Å²) in [6, 6.07) is 0. The molecule has 1 fully saturated rings. The van der Waals surface area contributed by atoms with Crippen molar-refractivity contribution in [1.82, 2.24) is 9.80 Å². The SMILES string of the molecule is COC(C)(C)CCN1CCN(C(=O)OC(C)(C)C)CC1. The molecule has 0 atom stereocenters. The molecule has 0 unspecified atom stereocenters. The molecule has 1 amide bonds. The van der Waals surface area contributed by atoms with Crippen LogP contribution in [0.5, 0.6) is 0 Å². The van der Waals surface area contributed by atoms with Crippen LogP contribution < -0.4 is 0 Å². The zero-order valence-electron chi connectivity index (χ0n) is 13.9. The molecule has 1 aliphatic rings. The first-order valence-corrected chi connectivity index (χ1v) is 7.38. The molecular formula is C15H30N2O3. The number of nitrogens with zero attached hydrogens (tertiary/aromatic N) is 2. The van der Waals surface area contributed by atoms with Crippen molar-refractivity contribution in [3.8, 4) is 0 Å². The van der Waals surface area contributed by atoms with Gasteiger partial charge in [0.15, 0.2) is 0 Å². The number of amides is 1. The summed E-state index contributed by atoms with van der Waals surface area (Å²) in [6.07, 6.45) is 0.796. The Morgan fingerprint density at radius 2 is 1.60 bits per heavy atom. The normalized spacial score (nSPS) is 18.2. The van der Waals surface area contributed by atoms with Gasteiger partial charge in [0.1, 0.15) is 5.60 Å². The van der Waals surface area contributed by atoms with Crippen LogP contribution in [0, 0.1) is 0 Å². The number of rotatable bonds is 4. The van der Waals surface area contributed by atoms with E-state index in [0.717, 1.165) is 39.1 Å². The molecule has 1 saturated heterocycles. The highest BCUT2D eigenvalue weighted by atomic mass is 16.6. The Labute approximate surface area is 123 Å². The van der Waals surface area contributed by atoms with Gasteiger partial charge < -0.3 is 14.4 Å². The first-order valence-electron chi connectivity index (χ1n) is 7.38. The third-order valence-electron chi connectivity index (χ3n) is 3.61. The highest BCUT2D eigenvalue weighted by Gasteiger charge is 2.26. The minimum atomic E-state index is -0.420. The fourth-order valence-electron chi connectivity index (χ4n) is 2.01. The van der Waals surface area contributed by atoms with Crippen LogP contribution in [0.25, 0.3) is 0 Å². The number of carbonyl (C=O) groups is 1. The lowest BCUT2D eigenvalue weighted by Gasteiger charge is -2.36. The Hall–Kier alpha value is -0.810. The van der Waals surface area contributed by atoms with Gasteiger partial charge in [0.05, 0.1) is 5.60 Å². The molecule has 0 N–H and O–H groups in total. The molecular weight excluding hydrogens is 256 g/mol. The third-order valence-corrected chi connectivity index (χ3v) is 3.61. The molecule has 0 aromatic rings. The van der Waals surface area contributed by atoms with Gasteiger partial charge in [0.2, 0.25) is 0 Å². The van der Waals surface area contributed by atoms with E-state index in [2.05, 4.69) is 18.7 Å². The maximum absolute atomic E-state index is 11.9. The standard InChI is InChI=1S/C15H30N2O3/c1-14(2,3)20-13(18)17-11-9-16(10-12-17)8-7-15(4,5)19-6/h7-12H2,1-6H3. The van der Waals surface area contributed by atoms with E-state index >= 15 is 0 Å². The van der Waals surface area contributed by atoms with Crippen LogP contribution in [0.4, 0.5) is 4.79 Å². The van der Waals surface area contributed by atoms with Crippen molar-refractivity contribution in [2.45, 2.75) is 52.2 Å². The van der Waals surface area contributed by atoms with Gasteiger partial charge in [-0.2, -0.15) is 0 Å². The van der Waals surface area contributed by atoms with Crippen molar-refractivity contribution in [2.24, 2.45) is 0 Å². The first-order chi connectivity index (χ1) is 9.13. The van der Waals surface area contributed by atoms with E-state index in [1.165, 1.54) is 0 Å². The molecule has 0 saturated carbocycles. The molecule has 0 bridgehead atoms. The largest absolute Gasteiger partial charge is 0.444 e. The molecule has 0 aromatic carbocycles. The van der Waals surface area contributed by atoms with Crippen molar-refractivity contribution in [3.63, 3.8) is 0 Å². The maximum Gasteiger partial charge on any atom is 0.410 e. The zero-order chi connectivity index (χ0) is 15.4. The Morgan fingerprint density at radius 3 is 2.05 bits per heavy atom. The van der Waals surface area contributed by atoms with E-state index in [4.69, 9.17) is 9.47 Å². The molecule has 1 rings (SSSR count). The van der Waals surface area contributed by atoms with Crippen LogP contribution in [0.15, 0.2) is 0 Å². The molecule has 5 nitrogen and oxygen atoms in total. The van der Waals surface area contributed by atoms with E-state index < -0.39 is 5.60 Å². The molecule has 20 heavy (non-hydrogen) atoms. The minimum Gasteiger partial charge on any atom is -0.444 e. The van der Waals surface area contributed by atoms with Crippen molar-refractivity contribution < 1.29 is 14.3 Å². The summed E-state index contributed by atoms with van der Waals surface area (Å²) in [5.74, 6) is 0. The van der Waals surface area contributed by atoms with Gasteiger partial charge in [-0.15, -0.1) is 0 Å². The second kappa shape index (κ2) is 6.76. The molecule has 118 valence electrons. The summed E-state index contributed by atoms with van der Waals surface area (Å²) < 4.78 is 10.8. The third kappa shape index (κ3) is 6.09. The van der Waals surface area contributed by atoms with E-state index in [1.807, 2.05) is 20.8 Å². The second-order valence-corrected chi connectivity index (χ2v) is 7.02. The van der Waals surface area contributed by atoms with E-state index in [1.54, 1.807) is 12.0 Å². The number of carbonyl (C=O) groups excluding carboxylic acids is 1. The number of ether oxygens (including phenoxy) is 2. The van der Waals surface area contributed by atoms with Crippen LogP contribution in [-0.2, 0) is 9.47 Å². The Kier molecular flexibility index (Phi) is 5.83. The highest BCUT2D eigenvalue weighted by Crippen LogP contribution is 2.15. The average Bonchev–Trinajstić information content (AvgIpc) is 2.35. The van der Waals surface area contributed by atoms with Crippen LogP contribution in [-0.4, -0.2) is 66.9 Å². The predicted molar refractivity (Wildman–Crippen MR) is 80.0 cm³/mol. The van der Waals surface area contributed by atoms with Crippen LogP contribution in [0.3, 0.4) is 0 Å². The Morgan fingerprint density at radius 1 is 1.05 bits per heavy atom. The van der Waals surface area contributed by atoms with E-state index in [0.29, 0.717) is 0 Å². The molecule has 5 heteroatoms. The van der Waals surface area contributed by atoms with Gasteiger partial charge in [0, 0.05) is 39.8 Å². The van der Waals surface area contributed by atoms with E-state index in [-0.39, 0.29) is 11.7 Å². The summed E-state index contributed by atoms with van der Waals surface area (Å²) in [6.45, 7) is 14.2. The molecule has 0 spiro atoms. The lowest BCUT2D eigenvalue weighted by atomic mass is 10.0. The van der Waals surface area contributed by atoms with Gasteiger partial charge in [-0.25, -0.2) is 4.79 Å². The quantitative estimate of drug-likeness (QED) is 0.795. The summed E-state index contributed by atoms with van der Waals surface area (Å²) in [5.41, 5.74) is -0.501. The van der Waals surface area contributed by atoms with Gasteiger partial charge >= 0.3 is 6.09 Å². The second-order valence-electron chi connectivity index (χ2n) is 7.02. The minimum absolute atomic E-state index is 0.0811. The molecule has 1 aliphatic heterocycles. The van der Waals surface area contributed by atoms with Crippen molar-refractivity contribution in [3.05, 3.63) is 0 Å². The van der Waals surface area contributed by atoms with Gasteiger partial charge in [-0.3, -0.25) is 4.90 Å². The number of hydrogen-bond acceptors (Lipinski definition) is 4. The highest BCUT2D eigenvalue weighted by molar-refractivity contribution is 5.68. The van der Waals surface area contributed by atoms with Gasteiger partial charge in [0.25, 0.3) is 0 Å². The summed E-state index contributed by atoms with van der Waals surface area (Å²) in [7, 11) is 1.75. The Bertz CT molecular complexity index is 316. The average molecular weight is 286 g/mol. The fourth-order valence-corrected chi connectivity index (χ4v) is 2.01. The fraction of sp³-hybridized carbons (Fsp3) is 0.933. The van der Waals surface area contributed by atoms with Gasteiger partial charge in [-0.1, -0.05) is 0 Å².